The minimum Gasteiger partial charge on any atom is -0.478 e. The molecule has 1 fully saturated rings. The third-order valence-electron chi connectivity index (χ3n) is 4.50. The molecule has 0 unspecified atom stereocenters. The third-order valence-corrected chi connectivity index (χ3v) is 6.01. The zero-order valence-corrected chi connectivity index (χ0v) is 15.7. The van der Waals surface area contributed by atoms with Gasteiger partial charge in [0.2, 0.25) is 10.0 Å². The van der Waals surface area contributed by atoms with E-state index in [1.807, 2.05) is 0 Å². The smallest absolute Gasteiger partial charge is 0.337 e. The van der Waals surface area contributed by atoms with Gasteiger partial charge in [-0.1, -0.05) is 33.1 Å². The van der Waals surface area contributed by atoms with E-state index in [4.69, 9.17) is 0 Å². The number of aromatic carboxylic acids is 1. The van der Waals surface area contributed by atoms with Gasteiger partial charge in [-0.15, -0.1) is 0 Å². The van der Waals surface area contributed by atoms with E-state index >= 15 is 0 Å². The minimum absolute atomic E-state index is 0.00452. The van der Waals surface area contributed by atoms with Gasteiger partial charge in [-0.25, -0.2) is 17.9 Å². The van der Waals surface area contributed by atoms with Crippen LogP contribution in [-0.2, 0) is 10.0 Å². The van der Waals surface area contributed by atoms with Gasteiger partial charge in [-0.2, -0.15) is 0 Å². The summed E-state index contributed by atoms with van der Waals surface area (Å²) in [6, 6.07) is 4.19. The number of carboxylic acids is 1. The van der Waals surface area contributed by atoms with Gasteiger partial charge in [0.25, 0.3) is 0 Å². The Morgan fingerprint density at radius 2 is 1.92 bits per heavy atom. The second kappa shape index (κ2) is 8.67. The molecular formula is C18H28N2O4S. The average molecular weight is 368 g/mol. The van der Waals surface area contributed by atoms with Crippen molar-refractivity contribution in [2.24, 2.45) is 5.92 Å². The molecule has 1 aromatic carbocycles. The van der Waals surface area contributed by atoms with E-state index < -0.39 is 16.0 Å². The molecule has 0 atom stereocenters. The van der Waals surface area contributed by atoms with Gasteiger partial charge < -0.3 is 10.4 Å². The number of hydrogen-bond donors (Lipinski definition) is 3. The summed E-state index contributed by atoms with van der Waals surface area (Å²) in [6.45, 7) is 4.82. The lowest BCUT2D eigenvalue weighted by Gasteiger charge is -2.22. The number of carbonyl (C=O) groups is 1. The molecule has 1 aliphatic rings. The highest BCUT2D eigenvalue weighted by Gasteiger charge is 2.23. The fraction of sp³-hybridized carbons (Fsp3) is 0.611. The molecule has 0 aliphatic heterocycles. The number of sulfonamides is 1. The number of benzene rings is 1. The fourth-order valence-corrected chi connectivity index (χ4v) is 4.36. The van der Waals surface area contributed by atoms with Crippen LogP contribution in [-0.4, -0.2) is 32.1 Å². The zero-order valence-electron chi connectivity index (χ0n) is 14.9. The topological polar surface area (TPSA) is 95.5 Å². The highest BCUT2D eigenvalue weighted by atomic mass is 32.2. The normalized spacial score (nSPS) is 16.1. The molecule has 7 heteroatoms. The highest BCUT2D eigenvalue weighted by molar-refractivity contribution is 7.89. The lowest BCUT2D eigenvalue weighted by Crippen LogP contribution is -2.36. The molecule has 0 heterocycles. The van der Waals surface area contributed by atoms with Crippen molar-refractivity contribution < 1.29 is 18.3 Å². The number of rotatable bonds is 8. The van der Waals surface area contributed by atoms with Crippen LogP contribution >= 0.6 is 0 Å². The molecule has 1 aromatic rings. The Morgan fingerprint density at radius 1 is 1.24 bits per heavy atom. The largest absolute Gasteiger partial charge is 0.478 e. The first-order valence-corrected chi connectivity index (χ1v) is 10.4. The van der Waals surface area contributed by atoms with E-state index in [2.05, 4.69) is 23.9 Å². The van der Waals surface area contributed by atoms with Crippen molar-refractivity contribution in [3.8, 4) is 0 Å². The molecule has 1 saturated carbocycles. The average Bonchev–Trinajstić information content (AvgIpc) is 2.55. The molecule has 0 aromatic heterocycles. The number of hydrogen-bond acceptors (Lipinski definition) is 4. The molecule has 0 bridgehead atoms. The molecule has 25 heavy (non-hydrogen) atoms. The molecular weight excluding hydrogens is 340 g/mol. The Morgan fingerprint density at radius 3 is 2.52 bits per heavy atom. The van der Waals surface area contributed by atoms with Crippen LogP contribution in [0, 0.1) is 5.92 Å². The van der Waals surface area contributed by atoms with E-state index in [9.17, 15) is 18.3 Å². The first-order valence-electron chi connectivity index (χ1n) is 8.93. The quantitative estimate of drug-likeness (QED) is 0.653. The molecule has 3 N–H and O–H groups in total. The van der Waals surface area contributed by atoms with E-state index in [0.717, 1.165) is 38.5 Å². The predicted octanol–water partition coefficient (Wildman–Crippen LogP) is 3.45. The summed E-state index contributed by atoms with van der Waals surface area (Å²) in [6.07, 6.45) is 5.75. The van der Waals surface area contributed by atoms with Crippen molar-refractivity contribution in [2.45, 2.75) is 63.3 Å². The van der Waals surface area contributed by atoms with Crippen molar-refractivity contribution in [1.29, 1.82) is 0 Å². The van der Waals surface area contributed by atoms with Crippen LogP contribution in [0.3, 0.4) is 0 Å². The van der Waals surface area contributed by atoms with E-state index in [1.54, 1.807) is 6.07 Å². The SMILES string of the molecule is CC(C)CCNc1ccc(S(=O)(=O)NC2CCCCC2)cc1C(=O)O. The number of carboxylic acid groups (broad SMARTS) is 1. The maximum Gasteiger partial charge on any atom is 0.337 e. The van der Waals surface area contributed by atoms with Crippen LogP contribution < -0.4 is 10.0 Å². The van der Waals surface area contributed by atoms with Crippen molar-refractivity contribution in [1.82, 2.24) is 4.72 Å². The van der Waals surface area contributed by atoms with E-state index in [1.165, 1.54) is 12.1 Å². The first kappa shape index (κ1) is 19.7. The van der Waals surface area contributed by atoms with Crippen LogP contribution in [0.1, 0.15) is 62.7 Å². The highest BCUT2D eigenvalue weighted by Crippen LogP contribution is 2.23. The Kier molecular flexibility index (Phi) is 6.84. The van der Waals surface area contributed by atoms with Gasteiger partial charge in [-0.05, 0) is 43.4 Å². The summed E-state index contributed by atoms with van der Waals surface area (Å²) in [4.78, 5) is 11.5. The fourth-order valence-electron chi connectivity index (χ4n) is 3.03. The molecule has 6 nitrogen and oxygen atoms in total. The van der Waals surface area contributed by atoms with Gasteiger partial charge in [0.15, 0.2) is 0 Å². The lowest BCUT2D eigenvalue weighted by atomic mass is 9.96. The van der Waals surface area contributed by atoms with Crippen molar-refractivity contribution in [3.63, 3.8) is 0 Å². The van der Waals surface area contributed by atoms with Gasteiger partial charge >= 0.3 is 5.97 Å². The summed E-state index contributed by atoms with van der Waals surface area (Å²) in [5.74, 6) is -0.637. The summed E-state index contributed by atoms with van der Waals surface area (Å²) >= 11 is 0. The summed E-state index contributed by atoms with van der Waals surface area (Å²) in [5, 5.41) is 12.5. The standard InChI is InChI=1S/C18H28N2O4S/c1-13(2)10-11-19-17-9-8-15(12-16(17)18(21)22)25(23,24)20-14-6-4-3-5-7-14/h8-9,12-14,19-20H,3-7,10-11H2,1-2H3,(H,21,22). The van der Waals surface area contributed by atoms with Crippen molar-refractivity contribution >= 4 is 21.7 Å². The third kappa shape index (κ3) is 5.71. The number of anilines is 1. The monoisotopic (exact) mass is 368 g/mol. The Labute approximate surface area is 150 Å². The van der Waals surface area contributed by atoms with Gasteiger partial charge in [0.1, 0.15) is 0 Å². The Bertz CT molecular complexity index is 695. The predicted molar refractivity (Wildman–Crippen MR) is 98.5 cm³/mol. The van der Waals surface area contributed by atoms with E-state index in [0.29, 0.717) is 18.2 Å². The Balaban J connectivity index is 2.17. The van der Waals surface area contributed by atoms with Gasteiger partial charge in [0, 0.05) is 18.3 Å². The first-order chi connectivity index (χ1) is 11.8. The molecule has 1 aliphatic carbocycles. The van der Waals surface area contributed by atoms with Gasteiger partial charge in [-0.3, -0.25) is 0 Å². The lowest BCUT2D eigenvalue weighted by molar-refractivity contribution is 0.0697. The molecule has 0 amide bonds. The molecule has 0 saturated heterocycles. The van der Waals surface area contributed by atoms with E-state index in [-0.39, 0.29) is 16.5 Å². The van der Waals surface area contributed by atoms with Crippen LogP contribution in [0.4, 0.5) is 5.69 Å². The maximum atomic E-state index is 12.6. The zero-order chi connectivity index (χ0) is 18.4. The number of nitrogens with one attached hydrogen (secondary N) is 2. The maximum absolute atomic E-state index is 12.6. The summed E-state index contributed by atoms with van der Waals surface area (Å²) < 4.78 is 27.8. The molecule has 140 valence electrons. The molecule has 0 spiro atoms. The van der Waals surface area contributed by atoms with Crippen molar-refractivity contribution in [2.75, 3.05) is 11.9 Å². The minimum atomic E-state index is -3.71. The second-order valence-electron chi connectivity index (χ2n) is 7.08. The van der Waals surface area contributed by atoms with Crippen molar-refractivity contribution in [3.05, 3.63) is 23.8 Å². The van der Waals surface area contributed by atoms with Crippen LogP contribution in [0.15, 0.2) is 23.1 Å². The van der Waals surface area contributed by atoms with Crippen LogP contribution in [0.2, 0.25) is 0 Å². The molecule has 0 radical (unpaired) electrons. The van der Waals surface area contributed by atoms with Crippen LogP contribution in [0.5, 0.6) is 0 Å². The van der Waals surface area contributed by atoms with Gasteiger partial charge in [0.05, 0.1) is 10.5 Å². The molecule has 2 rings (SSSR count). The Hall–Kier alpha value is -1.60. The van der Waals surface area contributed by atoms with Crippen LogP contribution in [0.25, 0.3) is 0 Å². The summed E-state index contributed by atoms with van der Waals surface area (Å²) in [7, 11) is -3.71. The second-order valence-corrected chi connectivity index (χ2v) is 8.79. The summed E-state index contributed by atoms with van der Waals surface area (Å²) in [5.41, 5.74) is 0.431.